The number of fused-ring (bicyclic) bond motifs is 1. The molecule has 1 aliphatic heterocycles. The van der Waals surface area contributed by atoms with Crippen molar-refractivity contribution in [3.63, 3.8) is 0 Å². The molecule has 3 rings (SSSR count). The van der Waals surface area contributed by atoms with Crippen molar-refractivity contribution in [2.24, 2.45) is 0 Å². The molecule has 0 bridgehead atoms. The summed E-state index contributed by atoms with van der Waals surface area (Å²) in [5.41, 5.74) is 1.33. The van der Waals surface area contributed by atoms with Gasteiger partial charge in [0.2, 0.25) is 10.0 Å². The van der Waals surface area contributed by atoms with Gasteiger partial charge in [-0.25, -0.2) is 8.42 Å². The van der Waals surface area contributed by atoms with Crippen LogP contribution in [0.4, 0.5) is 5.69 Å². The first-order chi connectivity index (χ1) is 14.5. The van der Waals surface area contributed by atoms with Crippen molar-refractivity contribution in [2.75, 3.05) is 24.2 Å². The Labute approximate surface area is 183 Å². The van der Waals surface area contributed by atoms with E-state index in [1.165, 1.54) is 10.4 Å². The van der Waals surface area contributed by atoms with E-state index in [-0.39, 0.29) is 18.5 Å². The second kappa shape index (κ2) is 8.63. The molecule has 2 aromatic rings. The topological polar surface area (TPSA) is 84.9 Å². The largest absolute Gasteiger partial charge is 0.497 e. The second-order valence-corrected chi connectivity index (χ2v) is 10.0. The van der Waals surface area contributed by atoms with Crippen LogP contribution in [0.5, 0.6) is 11.5 Å². The van der Waals surface area contributed by atoms with Crippen molar-refractivity contribution < 1.29 is 22.7 Å². The molecule has 1 aliphatic rings. The van der Waals surface area contributed by atoms with Gasteiger partial charge in [0, 0.05) is 17.5 Å². The first-order valence-electron chi connectivity index (χ1n) is 9.90. The molecule has 1 amide bonds. The third kappa shape index (κ3) is 5.19. The van der Waals surface area contributed by atoms with Crippen LogP contribution < -0.4 is 19.1 Å². The molecule has 0 spiro atoms. The van der Waals surface area contributed by atoms with E-state index in [1.54, 1.807) is 31.4 Å². The van der Waals surface area contributed by atoms with Crippen molar-refractivity contribution in [1.29, 1.82) is 0 Å². The first-order valence-corrected chi connectivity index (χ1v) is 11.8. The molecule has 166 valence electrons. The van der Waals surface area contributed by atoms with Gasteiger partial charge in [-0.3, -0.25) is 9.10 Å². The molecule has 0 unspecified atom stereocenters. The molecule has 1 atom stereocenters. The summed E-state index contributed by atoms with van der Waals surface area (Å²) in [6.07, 6.45) is 3.24. The Bertz CT molecular complexity index is 1080. The van der Waals surface area contributed by atoms with Crippen LogP contribution in [-0.4, -0.2) is 39.8 Å². The maximum absolute atomic E-state index is 13.0. The highest BCUT2D eigenvalue weighted by Crippen LogP contribution is 2.41. The van der Waals surface area contributed by atoms with Crippen LogP contribution in [0.15, 0.2) is 55.1 Å². The predicted molar refractivity (Wildman–Crippen MR) is 121 cm³/mol. The van der Waals surface area contributed by atoms with Crippen LogP contribution in [-0.2, 0) is 10.0 Å². The number of nitrogens with one attached hydrogen (secondary N) is 1. The maximum atomic E-state index is 13.0. The number of ether oxygens (including phenoxy) is 2. The van der Waals surface area contributed by atoms with E-state index in [0.29, 0.717) is 29.2 Å². The lowest BCUT2D eigenvalue weighted by Crippen LogP contribution is -2.41. The fraction of sp³-hybridized carbons (Fsp3) is 0.348. The van der Waals surface area contributed by atoms with Gasteiger partial charge < -0.3 is 14.8 Å². The predicted octanol–water partition coefficient (Wildman–Crippen LogP) is 3.68. The number of benzene rings is 2. The summed E-state index contributed by atoms with van der Waals surface area (Å²) >= 11 is 0. The highest BCUT2D eigenvalue weighted by atomic mass is 32.2. The minimum atomic E-state index is -3.45. The zero-order valence-corrected chi connectivity index (χ0v) is 19.0. The summed E-state index contributed by atoms with van der Waals surface area (Å²) in [6, 6.07) is 11.8. The summed E-state index contributed by atoms with van der Waals surface area (Å²) in [7, 11) is -1.86. The average molecular weight is 445 g/mol. The van der Waals surface area contributed by atoms with Crippen LogP contribution in [0.2, 0.25) is 0 Å². The molecule has 0 radical (unpaired) electrons. The Morgan fingerprint density at radius 3 is 2.55 bits per heavy atom. The lowest BCUT2D eigenvalue weighted by Gasteiger charge is -2.38. The minimum absolute atomic E-state index is 0.153. The molecule has 2 aromatic carbocycles. The Kier molecular flexibility index (Phi) is 6.31. The van der Waals surface area contributed by atoms with E-state index in [1.807, 2.05) is 32.0 Å². The number of hydrogen-bond donors (Lipinski definition) is 1. The maximum Gasteiger partial charge on any atom is 0.251 e. The van der Waals surface area contributed by atoms with E-state index >= 15 is 0 Å². The monoisotopic (exact) mass is 444 g/mol. The molecule has 8 heteroatoms. The van der Waals surface area contributed by atoms with Crippen molar-refractivity contribution in [3.8, 4) is 11.5 Å². The second-order valence-electron chi connectivity index (χ2n) is 8.13. The molecule has 1 heterocycles. The number of sulfonamides is 1. The fourth-order valence-electron chi connectivity index (χ4n) is 3.66. The Hall–Kier alpha value is -3.00. The van der Waals surface area contributed by atoms with Crippen molar-refractivity contribution >= 4 is 21.6 Å². The molecular weight excluding hydrogens is 416 g/mol. The van der Waals surface area contributed by atoms with E-state index in [0.717, 1.165) is 11.8 Å². The van der Waals surface area contributed by atoms with Gasteiger partial charge in [-0.1, -0.05) is 6.08 Å². The number of anilines is 1. The van der Waals surface area contributed by atoms with Crippen LogP contribution >= 0.6 is 0 Å². The zero-order chi connectivity index (χ0) is 22.8. The van der Waals surface area contributed by atoms with Crippen LogP contribution in [0.1, 0.15) is 42.2 Å². The number of carbonyl (C=O) groups excluding carboxylic acids is 1. The third-order valence-corrected chi connectivity index (χ3v) is 6.25. The Morgan fingerprint density at radius 2 is 1.97 bits per heavy atom. The van der Waals surface area contributed by atoms with Gasteiger partial charge in [-0.05, 0) is 56.3 Å². The van der Waals surface area contributed by atoms with Gasteiger partial charge in [-0.2, -0.15) is 0 Å². The van der Waals surface area contributed by atoms with Gasteiger partial charge >= 0.3 is 0 Å². The van der Waals surface area contributed by atoms with Gasteiger partial charge in [0.15, 0.2) is 0 Å². The third-order valence-electron chi connectivity index (χ3n) is 5.09. The lowest BCUT2D eigenvalue weighted by molar-refractivity contribution is 0.0618. The summed E-state index contributed by atoms with van der Waals surface area (Å²) < 4.78 is 36.6. The molecule has 1 N–H and O–H groups in total. The molecule has 0 aliphatic carbocycles. The van der Waals surface area contributed by atoms with Crippen LogP contribution in [0.3, 0.4) is 0 Å². The molecule has 7 nitrogen and oxygen atoms in total. The number of amides is 1. The van der Waals surface area contributed by atoms with Gasteiger partial charge in [0.1, 0.15) is 17.1 Å². The zero-order valence-electron chi connectivity index (χ0n) is 18.2. The van der Waals surface area contributed by atoms with E-state index in [2.05, 4.69) is 11.9 Å². The van der Waals surface area contributed by atoms with Gasteiger partial charge in [-0.15, -0.1) is 6.58 Å². The van der Waals surface area contributed by atoms with E-state index in [9.17, 15) is 13.2 Å². The summed E-state index contributed by atoms with van der Waals surface area (Å²) in [5.74, 6) is 1.15. The summed E-state index contributed by atoms with van der Waals surface area (Å²) in [5, 5.41) is 3.08. The van der Waals surface area contributed by atoms with Crippen molar-refractivity contribution in [1.82, 2.24) is 5.32 Å². The summed E-state index contributed by atoms with van der Waals surface area (Å²) in [6.45, 7) is 7.72. The minimum Gasteiger partial charge on any atom is -0.497 e. The Morgan fingerprint density at radius 1 is 1.29 bits per heavy atom. The number of rotatable bonds is 7. The number of nitrogens with zero attached hydrogens (tertiary/aromatic N) is 1. The highest BCUT2D eigenvalue weighted by molar-refractivity contribution is 7.92. The van der Waals surface area contributed by atoms with Crippen LogP contribution in [0, 0.1) is 0 Å². The van der Waals surface area contributed by atoms with Gasteiger partial charge in [0.25, 0.3) is 5.91 Å². The first kappa shape index (κ1) is 22.7. The molecule has 0 aromatic heterocycles. The smallest absolute Gasteiger partial charge is 0.251 e. The van der Waals surface area contributed by atoms with Crippen LogP contribution in [0.25, 0.3) is 0 Å². The lowest BCUT2D eigenvalue weighted by atomic mass is 9.89. The number of carbonyl (C=O) groups is 1. The highest BCUT2D eigenvalue weighted by Gasteiger charge is 2.35. The molecule has 0 saturated carbocycles. The standard InChI is InChI=1S/C23H28N2O5S/c1-6-13-25(31(5,27)28)17-9-7-16(8-10-17)22(26)24-20-15-23(2,3)30-21-12-11-18(29-4)14-19(20)21/h6-12,14,20H,1,13,15H2,2-5H3,(H,24,26)/t20-/m1/s1. The molecule has 0 fully saturated rings. The number of hydrogen-bond acceptors (Lipinski definition) is 5. The van der Waals surface area contributed by atoms with E-state index in [4.69, 9.17) is 9.47 Å². The average Bonchev–Trinajstić information content (AvgIpc) is 2.70. The SMILES string of the molecule is C=CCN(c1ccc(C(=O)N[C@@H]2CC(C)(C)Oc3ccc(OC)cc32)cc1)S(C)(=O)=O. The van der Waals surface area contributed by atoms with Crippen molar-refractivity contribution in [2.45, 2.75) is 31.9 Å². The fourth-order valence-corrected chi connectivity index (χ4v) is 4.54. The number of methoxy groups -OCH3 is 1. The van der Waals surface area contributed by atoms with Crippen molar-refractivity contribution in [3.05, 3.63) is 66.2 Å². The quantitative estimate of drug-likeness (QED) is 0.659. The Balaban J connectivity index is 1.84. The molecule has 0 saturated heterocycles. The van der Waals surface area contributed by atoms with Gasteiger partial charge in [0.05, 0.1) is 31.6 Å². The molecular formula is C23H28N2O5S. The molecule has 31 heavy (non-hydrogen) atoms. The summed E-state index contributed by atoms with van der Waals surface area (Å²) in [4.78, 5) is 13.0. The normalized spacial score (nSPS) is 17.1. The van der Waals surface area contributed by atoms with E-state index < -0.39 is 15.6 Å².